The van der Waals surface area contributed by atoms with Crippen LogP contribution < -0.4 is 9.75 Å². The van der Waals surface area contributed by atoms with Crippen molar-refractivity contribution < 1.29 is 13.9 Å². The molecule has 4 rings (SSSR count). The summed E-state index contributed by atoms with van der Waals surface area (Å²) in [6, 6.07) is 15.7. The van der Waals surface area contributed by atoms with Gasteiger partial charge in [-0.05, 0) is 24.1 Å². The Morgan fingerprint density at radius 1 is 1.21 bits per heavy atom. The van der Waals surface area contributed by atoms with Crippen molar-refractivity contribution in [3.8, 4) is 5.75 Å². The maximum Gasteiger partial charge on any atom is 0.249 e. The predicted octanol–water partition coefficient (Wildman–Crippen LogP) is 3.76. The zero-order valence-corrected chi connectivity index (χ0v) is 16.8. The van der Waals surface area contributed by atoms with E-state index in [1.54, 1.807) is 33.6 Å². The molecule has 1 aliphatic rings. The average molecular weight is 412 g/mol. The molecule has 0 saturated carbocycles. The number of nitrogens with zero attached hydrogens (tertiary/aromatic N) is 4. The van der Waals surface area contributed by atoms with Crippen LogP contribution >= 0.6 is 11.8 Å². The van der Waals surface area contributed by atoms with Gasteiger partial charge in [-0.25, -0.2) is 14.1 Å². The van der Waals surface area contributed by atoms with Crippen LogP contribution in [0.25, 0.3) is 0 Å². The minimum absolute atomic E-state index is 0.00653. The zero-order valence-electron chi connectivity index (χ0n) is 16.0. The van der Waals surface area contributed by atoms with Gasteiger partial charge in [-0.2, -0.15) is 0 Å². The second-order valence-corrected chi connectivity index (χ2v) is 7.70. The molecule has 1 aliphatic heterocycles. The van der Waals surface area contributed by atoms with Gasteiger partial charge in [0.2, 0.25) is 11.1 Å². The molecule has 1 atom stereocenters. The molecule has 0 radical (unpaired) electrons. The fourth-order valence-corrected chi connectivity index (χ4v) is 4.24. The van der Waals surface area contributed by atoms with Crippen molar-refractivity contribution in [3.05, 3.63) is 71.8 Å². The first-order chi connectivity index (χ1) is 14.2. The van der Waals surface area contributed by atoms with Crippen LogP contribution in [0, 0.1) is 5.82 Å². The van der Waals surface area contributed by atoms with Crippen LogP contribution in [-0.2, 0) is 11.4 Å². The number of hydrogen-bond donors (Lipinski definition) is 0. The van der Waals surface area contributed by atoms with Crippen LogP contribution in [0.15, 0.2) is 59.8 Å². The fourth-order valence-electron chi connectivity index (χ4n) is 3.37. The van der Waals surface area contributed by atoms with E-state index in [1.807, 2.05) is 37.3 Å². The molecule has 6 nitrogen and oxygen atoms in total. The number of ether oxygens (including phenoxy) is 1. The summed E-state index contributed by atoms with van der Waals surface area (Å²) in [4.78, 5) is 13.4. The summed E-state index contributed by atoms with van der Waals surface area (Å²) < 4.78 is 20.8. The Morgan fingerprint density at radius 2 is 2.03 bits per heavy atom. The third-order valence-corrected chi connectivity index (χ3v) is 5.68. The number of hydrogen-bond acceptors (Lipinski definition) is 5. The largest absolute Gasteiger partial charge is 0.485 e. The smallest absolute Gasteiger partial charge is 0.249 e. The molecule has 1 aromatic heterocycles. The van der Waals surface area contributed by atoms with Crippen LogP contribution in [-0.4, -0.2) is 33.1 Å². The molecule has 8 heteroatoms. The third-order valence-electron chi connectivity index (χ3n) is 4.78. The van der Waals surface area contributed by atoms with E-state index < -0.39 is 0 Å². The minimum atomic E-state index is -0.369. The van der Waals surface area contributed by atoms with Crippen LogP contribution in [0.1, 0.15) is 30.7 Å². The number of carbonyl (C=O) groups excluding carboxylic acids is 1. The molecule has 0 spiro atoms. The molecule has 2 heterocycles. The summed E-state index contributed by atoms with van der Waals surface area (Å²) in [6.07, 6.45) is 0.694. The SMILES string of the molecule is CCC(C(=O)N1CCSc2nnc(COc3cccc(F)c3)n21)c1ccccc1. The second kappa shape index (κ2) is 8.65. The number of aromatic nitrogens is 3. The molecule has 3 aromatic rings. The molecule has 0 N–H and O–H groups in total. The van der Waals surface area contributed by atoms with Gasteiger partial charge in [-0.3, -0.25) is 4.79 Å². The Hall–Kier alpha value is -2.87. The zero-order chi connectivity index (χ0) is 20.2. The molecule has 0 fully saturated rings. The van der Waals surface area contributed by atoms with Crippen molar-refractivity contribution in [2.45, 2.75) is 31.0 Å². The van der Waals surface area contributed by atoms with Gasteiger partial charge < -0.3 is 4.74 Å². The highest BCUT2D eigenvalue weighted by atomic mass is 32.2. The first-order valence-corrected chi connectivity index (χ1v) is 10.5. The van der Waals surface area contributed by atoms with Crippen LogP contribution in [0.4, 0.5) is 4.39 Å². The topological polar surface area (TPSA) is 60.3 Å². The van der Waals surface area contributed by atoms with Gasteiger partial charge in [-0.1, -0.05) is 55.1 Å². The van der Waals surface area contributed by atoms with Crippen molar-refractivity contribution in [3.63, 3.8) is 0 Å². The Kier molecular flexibility index (Phi) is 5.80. The highest BCUT2D eigenvalue weighted by Gasteiger charge is 2.32. The van der Waals surface area contributed by atoms with E-state index in [0.717, 1.165) is 11.3 Å². The van der Waals surface area contributed by atoms with E-state index in [2.05, 4.69) is 10.2 Å². The van der Waals surface area contributed by atoms with Gasteiger partial charge in [-0.15, -0.1) is 10.2 Å². The molecular formula is C21H21FN4O2S. The summed E-state index contributed by atoms with van der Waals surface area (Å²) in [6.45, 7) is 2.66. The summed E-state index contributed by atoms with van der Waals surface area (Å²) >= 11 is 1.55. The van der Waals surface area contributed by atoms with E-state index in [0.29, 0.717) is 29.7 Å². The Morgan fingerprint density at radius 3 is 2.79 bits per heavy atom. The number of benzene rings is 2. The molecule has 2 aromatic carbocycles. The van der Waals surface area contributed by atoms with Gasteiger partial charge >= 0.3 is 0 Å². The Balaban J connectivity index is 1.58. The van der Waals surface area contributed by atoms with Crippen molar-refractivity contribution >= 4 is 17.7 Å². The number of amides is 1. The molecule has 0 bridgehead atoms. The lowest BCUT2D eigenvalue weighted by atomic mass is 9.95. The standard InChI is InChI=1S/C21H21FN4O2S/c1-2-18(15-7-4-3-5-8-15)20(27)25-11-12-29-21-24-23-19(26(21)25)14-28-17-10-6-9-16(22)13-17/h3-10,13,18H,2,11-12,14H2,1H3. The number of carbonyl (C=O) groups is 1. The quantitative estimate of drug-likeness (QED) is 0.617. The van der Waals surface area contributed by atoms with Gasteiger partial charge in [0.05, 0.1) is 12.5 Å². The van der Waals surface area contributed by atoms with E-state index in [1.165, 1.54) is 12.1 Å². The van der Waals surface area contributed by atoms with E-state index in [-0.39, 0.29) is 24.2 Å². The molecule has 1 unspecified atom stereocenters. The first kappa shape index (κ1) is 19.4. The average Bonchev–Trinajstić information content (AvgIpc) is 3.17. The maximum atomic E-state index is 13.4. The molecular weight excluding hydrogens is 391 g/mol. The van der Waals surface area contributed by atoms with Crippen molar-refractivity contribution in [2.24, 2.45) is 0 Å². The van der Waals surface area contributed by atoms with Crippen molar-refractivity contribution in [1.29, 1.82) is 0 Å². The summed E-state index contributed by atoms with van der Waals surface area (Å²) in [5, 5.41) is 10.8. The summed E-state index contributed by atoms with van der Waals surface area (Å²) in [5.41, 5.74) is 0.991. The molecule has 150 valence electrons. The minimum Gasteiger partial charge on any atom is -0.485 e. The molecule has 29 heavy (non-hydrogen) atoms. The molecule has 1 amide bonds. The molecule has 0 aliphatic carbocycles. The number of rotatable bonds is 6. The number of halogens is 1. The number of thioether (sulfide) groups is 1. The lowest BCUT2D eigenvalue weighted by Crippen LogP contribution is -2.48. The van der Waals surface area contributed by atoms with Gasteiger partial charge in [0.1, 0.15) is 18.2 Å². The highest BCUT2D eigenvalue weighted by molar-refractivity contribution is 7.99. The van der Waals surface area contributed by atoms with Gasteiger partial charge in [0.15, 0.2) is 5.82 Å². The summed E-state index contributed by atoms with van der Waals surface area (Å²) in [7, 11) is 0. The molecule has 0 saturated heterocycles. The fraction of sp³-hybridized carbons (Fsp3) is 0.286. The van der Waals surface area contributed by atoms with Crippen molar-refractivity contribution in [2.75, 3.05) is 17.3 Å². The predicted molar refractivity (Wildman–Crippen MR) is 109 cm³/mol. The maximum absolute atomic E-state index is 13.4. The lowest BCUT2D eigenvalue weighted by Gasteiger charge is -2.32. The Labute approximate surface area is 172 Å². The Bertz CT molecular complexity index is 995. The van der Waals surface area contributed by atoms with Crippen molar-refractivity contribution in [1.82, 2.24) is 14.9 Å². The van der Waals surface area contributed by atoms with Crippen LogP contribution in [0.5, 0.6) is 5.75 Å². The van der Waals surface area contributed by atoms with Crippen LogP contribution in [0.3, 0.4) is 0 Å². The van der Waals surface area contributed by atoms with E-state index in [9.17, 15) is 9.18 Å². The highest BCUT2D eigenvalue weighted by Crippen LogP contribution is 2.28. The lowest BCUT2D eigenvalue weighted by molar-refractivity contribution is -0.121. The first-order valence-electron chi connectivity index (χ1n) is 9.49. The second-order valence-electron chi connectivity index (χ2n) is 6.64. The van der Waals surface area contributed by atoms with Gasteiger partial charge in [0.25, 0.3) is 0 Å². The summed E-state index contributed by atoms with van der Waals surface area (Å²) in [5.74, 6) is 1.05. The number of fused-ring (bicyclic) bond motifs is 1. The monoisotopic (exact) mass is 412 g/mol. The van der Waals surface area contributed by atoms with Crippen LogP contribution in [0.2, 0.25) is 0 Å². The van der Waals surface area contributed by atoms with E-state index >= 15 is 0 Å². The third kappa shape index (κ3) is 4.12. The normalized spacial score (nSPS) is 14.3. The van der Waals surface area contributed by atoms with E-state index in [4.69, 9.17) is 4.74 Å². The van der Waals surface area contributed by atoms with Gasteiger partial charge in [0, 0.05) is 11.8 Å².